The van der Waals surface area contributed by atoms with Crippen LogP contribution in [0.3, 0.4) is 0 Å². The van der Waals surface area contributed by atoms with E-state index in [1.807, 2.05) is 0 Å². The van der Waals surface area contributed by atoms with Crippen LogP contribution in [0.25, 0.3) is 0 Å². The molecule has 0 bridgehead atoms. The van der Waals surface area contributed by atoms with Crippen molar-refractivity contribution < 1.29 is 14.7 Å². The molecule has 1 saturated heterocycles. The Morgan fingerprint density at radius 3 is 2.45 bits per heavy atom. The van der Waals surface area contributed by atoms with Crippen LogP contribution in [-0.2, 0) is 9.59 Å². The molecule has 0 aromatic heterocycles. The highest BCUT2D eigenvalue weighted by Gasteiger charge is 2.38. The van der Waals surface area contributed by atoms with E-state index in [9.17, 15) is 14.7 Å². The minimum atomic E-state index is -0.778. The topological polar surface area (TPSA) is 69.6 Å². The number of hydrogen-bond acceptors (Lipinski definition) is 3. The molecule has 0 radical (unpaired) electrons. The van der Waals surface area contributed by atoms with E-state index in [2.05, 4.69) is 19.2 Å². The second-order valence-electron chi connectivity index (χ2n) is 7.28. The first kappa shape index (κ1) is 15.3. The largest absolute Gasteiger partial charge is 0.388 e. The van der Waals surface area contributed by atoms with Crippen molar-refractivity contribution in [1.82, 2.24) is 10.2 Å². The SMILES string of the molecule is CN1CC(C(=O)NCC2(O)CCC(C)(C)CC2)CC1=O. The number of likely N-dealkylation sites (tertiary alicyclic amines) is 1. The molecule has 5 heteroatoms. The maximum absolute atomic E-state index is 12.0. The highest BCUT2D eigenvalue weighted by Crippen LogP contribution is 2.39. The molecule has 1 aliphatic carbocycles. The molecular weight excluding hydrogens is 256 g/mol. The average Bonchev–Trinajstić information content (AvgIpc) is 2.71. The summed E-state index contributed by atoms with van der Waals surface area (Å²) in [6.45, 7) is 5.21. The first-order chi connectivity index (χ1) is 9.21. The Kier molecular flexibility index (Phi) is 4.09. The zero-order chi connectivity index (χ0) is 15.0. The summed E-state index contributed by atoms with van der Waals surface area (Å²) in [7, 11) is 1.71. The van der Waals surface area contributed by atoms with Gasteiger partial charge in [-0.15, -0.1) is 0 Å². The highest BCUT2D eigenvalue weighted by atomic mass is 16.3. The van der Waals surface area contributed by atoms with E-state index >= 15 is 0 Å². The lowest BCUT2D eigenvalue weighted by molar-refractivity contribution is -0.129. The number of rotatable bonds is 3. The average molecular weight is 282 g/mol. The Bertz CT molecular complexity index is 396. The lowest BCUT2D eigenvalue weighted by Gasteiger charge is -2.40. The molecule has 2 N–H and O–H groups in total. The number of carbonyl (C=O) groups is 2. The van der Waals surface area contributed by atoms with Crippen molar-refractivity contribution in [3.05, 3.63) is 0 Å². The van der Waals surface area contributed by atoms with Crippen molar-refractivity contribution >= 4 is 11.8 Å². The van der Waals surface area contributed by atoms with Crippen LogP contribution < -0.4 is 5.32 Å². The van der Waals surface area contributed by atoms with Crippen LogP contribution in [0.5, 0.6) is 0 Å². The third kappa shape index (κ3) is 3.51. The molecule has 1 saturated carbocycles. The zero-order valence-corrected chi connectivity index (χ0v) is 12.7. The second-order valence-corrected chi connectivity index (χ2v) is 7.28. The van der Waals surface area contributed by atoms with Crippen molar-refractivity contribution in [3.63, 3.8) is 0 Å². The summed E-state index contributed by atoms with van der Waals surface area (Å²) in [5.41, 5.74) is -0.490. The maximum Gasteiger partial charge on any atom is 0.225 e. The quantitative estimate of drug-likeness (QED) is 0.808. The molecule has 0 aromatic carbocycles. The molecule has 20 heavy (non-hydrogen) atoms. The standard InChI is InChI=1S/C15H26N2O3/c1-14(2)4-6-15(20,7-5-14)10-16-13(19)11-8-12(18)17(3)9-11/h11,20H,4-10H2,1-3H3,(H,16,19). The van der Waals surface area contributed by atoms with E-state index in [-0.39, 0.29) is 29.6 Å². The molecule has 2 aliphatic rings. The lowest BCUT2D eigenvalue weighted by Crippen LogP contribution is -2.48. The Labute approximate surface area is 120 Å². The number of aliphatic hydroxyl groups is 1. The smallest absolute Gasteiger partial charge is 0.225 e. The highest BCUT2D eigenvalue weighted by molar-refractivity contribution is 5.89. The lowest BCUT2D eigenvalue weighted by atomic mass is 9.71. The molecule has 2 rings (SSSR count). The van der Waals surface area contributed by atoms with Crippen LogP contribution >= 0.6 is 0 Å². The van der Waals surface area contributed by atoms with Gasteiger partial charge in [-0.2, -0.15) is 0 Å². The van der Waals surface area contributed by atoms with Gasteiger partial charge in [0.15, 0.2) is 0 Å². The molecule has 1 heterocycles. The fourth-order valence-electron chi connectivity index (χ4n) is 3.00. The van der Waals surface area contributed by atoms with Crippen molar-refractivity contribution in [2.75, 3.05) is 20.1 Å². The summed E-state index contributed by atoms with van der Waals surface area (Å²) in [6, 6.07) is 0. The van der Waals surface area contributed by atoms with E-state index in [0.717, 1.165) is 25.7 Å². The van der Waals surface area contributed by atoms with E-state index in [1.54, 1.807) is 11.9 Å². The number of nitrogens with zero attached hydrogens (tertiary/aromatic N) is 1. The van der Waals surface area contributed by atoms with Gasteiger partial charge in [0.25, 0.3) is 0 Å². The van der Waals surface area contributed by atoms with Crippen LogP contribution in [0.1, 0.15) is 46.0 Å². The minimum absolute atomic E-state index is 0.0169. The molecule has 2 amide bonds. The maximum atomic E-state index is 12.0. The molecule has 1 aliphatic heterocycles. The number of amides is 2. The van der Waals surface area contributed by atoms with Crippen molar-refractivity contribution in [2.24, 2.45) is 11.3 Å². The summed E-state index contributed by atoms with van der Waals surface area (Å²) in [5.74, 6) is -0.361. The van der Waals surface area contributed by atoms with Gasteiger partial charge in [0, 0.05) is 26.6 Å². The third-order valence-electron chi connectivity index (χ3n) is 4.84. The molecule has 1 unspecified atom stereocenters. The predicted octanol–water partition coefficient (Wildman–Crippen LogP) is 0.912. The van der Waals surface area contributed by atoms with E-state index in [1.165, 1.54) is 0 Å². The van der Waals surface area contributed by atoms with Crippen LogP contribution in [0.4, 0.5) is 0 Å². The van der Waals surface area contributed by atoms with Crippen LogP contribution in [-0.4, -0.2) is 47.6 Å². The molecule has 2 fully saturated rings. The molecule has 114 valence electrons. The van der Waals surface area contributed by atoms with Gasteiger partial charge < -0.3 is 15.3 Å². The van der Waals surface area contributed by atoms with Crippen LogP contribution in [0, 0.1) is 11.3 Å². The number of hydrogen-bond donors (Lipinski definition) is 2. The van der Waals surface area contributed by atoms with Gasteiger partial charge in [0.05, 0.1) is 11.5 Å². The second kappa shape index (κ2) is 5.35. The minimum Gasteiger partial charge on any atom is -0.388 e. The van der Waals surface area contributed by atoms with Gasteiger partial charge >= 0.3 is 0 Å². The van der Waals surface area contributed by atoms with Crippen molar-refractivity contribution in [2.45, 2.75) is 51.6 Å². The van der Waals surface area contributed by atoms with Gasteiger partial charge in [0.1, 0.15) is 0 Å². The molecular formula is C15H26N2O3. The third-order valence-corrected chi connectivity index (χ3v) is 4.84. The Morgan fingerprint density at radius 2 is 1.95 bits per heavy atom. The van der Waals surface area contributed by atoms with E-state index in [0.29, 0.717) is 13.1 Å². The fourth-order valence-corrected chi connectivity index (χ4v) is 3.00. The summed E-state index contributed by atoms with van der Waals surface area (Å²) in [5, 5.41) is 13.3. The fraction of sp³-hybridized carbons (Fsp3) is 0.867. The van der Waals surface area contributed by atoms with Gasteiger partial charge in [-0.1, -0.05) is 13.8 Å². The first-order valence-corrected chi connectivity index (χ1v) is 7.45. The molecule has 1 atom stereocenters. The molecule has 5 nitrogen and oxygen atoms in total. The first-order valence-electron chi connectivity index (χ1n) is 7.45. The Hall–Kier alpha value is -1.10. The predicted molar refractivity (Wildman–Crippen MR) is 76.0 cm³/mol. The van der Waals surface area contributed by atoms with E-state index < -0.39 is 5.60 Å². The molecule has 0 spiro atoms. The zero-order valence-electron chi connectivity index (χ0n) is 12.7. The van der Waals surface area contributed by atoms with Crippen LogP contribution in [0.2, 0.25) is 0 Å². The summed E-state index contributed by atoms with van der Waals surface area (Å²) < 4.78 is 0. The summed E-state index contributed by atoms with van der Waals surface area (Å²) >= 11 is 0. The van der Waals surface area contributed by atoms with Crippen molar-refractivity contribution in [3.8, 4) is 0 Å². The Morgan fingerprint density at radius 1 is 1.35 bits per heavy atom. The van der Waals surface area contributed by atoms with Gasteiger partial charge in [-0.3, -0.25) is 9.59 Å². The summed E-state index contributed by atoms with van der Waals surface area (Å²) in [6.07, 6.45) is 3.69. The van der Waals surface area contributed by atoms with Gasteiger partial charge in [-0.05, 0) is 31.1 Å². The summed E-state index contributed by atoms with van der Waals surface area (Å²) in [4.78, 5) is 25.1. The van der Waals surface area contributed by atoms with Gasteiger partial charge in [0.2, 0.25) is 11.8 Å². The number of nitrogens with one attached hydrogen (secondary N) is 1. The number of carbonyl (C=O) groups excluding carboxylic acids is 2. The van der Waals surface area contributed by atoms with Gasteiger partial charge in [-0.25, -0.2) is 0 Å². The molecule has 0 aromatic rings. The van der Waals surface area contributed by atoms with E-state index in [4.69, 9.17) is 0 Å². The van der Waals surface area contributed by atoms with Crippen LogP contribution in [0.15, 0.2) is 0 Å². The monoisotopic (exact) mass is 282 g/mol. The normalized spacial score (nSPS) is 28.5. The Balaban J connectivity index is 1.80. The van der Waals surface area contributed by atoms with Crippen molar-refractivity contribution in [1.29, 1.82) is 0 Å².